The smallest absolute Gasteiger partial charge is 0.249 e. The normalized spacial score (nSPS) is 14.0. The van der Waals surface area contributed by atoms with E-state index < -0.39 is 0 Å². The van der Waals surface area contributed by atoms with Gasteiger partial charge in [-0.2, -0.15) is 10.1 Å². The van der Waals surface area contributed by atoms with Crippen LogP contribution < -0.4 is 15.5 Å². The lowest BCUT2D eigenvalue weighted by Gasteiger charge is -2.28. The zero-order valence-corrected chi connectivity index (χ0v) is 16.6. The number of aromatic nitrogens is 3. The lowest BCUT2D eigenvalue weighted by atomic mass is 10.1. The van der Waals surface area contributed by atoms with E-state index in [4.69, 9.17) is 11.6 Å². The van der Waals surface area contributed by atoms with E-state index in [2.05, 4.69) is 55.0 Å². The van der Waals surface area contributed by atoms with Crippen LogP contribution in [-0.2, 0) is 0 Å². The van der Waals surface area contributed by atoms with Gasteiger partial charge in [-0.25, -0.2) is 0 Å². The Morgan fingerprint density at radius 1 is 0.964 bits per heavy atom. The summed E-state index contributed by atoms with van der Waals surface area (Å²) in [5.41, 5.74) is 4.15. The first kappa shape index (κ1) is 18.5. The van der Waals surface area contributed by atoms with E-state index >= 15 is 0 Å². The lowest BCUT2D eigenvalue weighted by Crippen LogP contribution is -2.29. The van der Waals surface area contributed by atoms with Crippen molar-refractivity contribution in [2.24, 2.45) is 0 Å². The molecule has 2 heterocycles. The van der Waals surface area contributed by atoms with Gasteiger partial charge in [0.1, 0.15) is 0 Å². The van der Waals surface area contributed by atoms with E-state index in [0.717, 1.165) is 30.0 Å². The average molecular weight is 395 g/mol. The number of anilines is 5. The van der Waals surface area contributed by atoms with E-state index in [1.54, 1.807) is 6.20 Å². The van der Waals surface area contributed by atoms with Crippen molar-refractivity contribution in [1.82, 2.24) is 15.2 Å². The molecule has 3 aromatic rings. The topological polar surface area (TPSA) is 66.0 Å². The highest BCUT2D eigenvalue weighted by molar-refractivity contribution is 6.30. The summed E-state index contributed by atoms with van der Waals surface area (Å²) in [4.78, 5) is 6.94. The van der Waals surface area contributed by atoms with Gasteiger partial charge < -0.3 is 15.5 Å². The third-order valence-electron chi connectivity index (χ3n) is 4.87. The summed E-state index contributed by atoms with van der Waals surface area (Å²) < 4.78 is 0. The third kappa shape index (κ3) is 4.51. The van der Waals surface area contributed by atoms with Crippen LogP contribution in [0.4, 0.5) is 28.8 Å². The van der Waals surface area contributed by atoms with E-state index in [1.165, 1.54) is 24.9 Å². The Morgan fingerprint density at radius 3 is 2.54 bits per heavy atom. The van der Waals surface area contributed by atoms with E-state index in [1.807, 2.05) is 25.1 Å². The van der Waals surface area contributed by atoms with Crippen LogP contribution in [0.1, 0.15) is 24.8 Å². The molecular weight excluding hydrogens is 372 g/mol. The van der Waals surface area contributed by atoms with Gasteiger partial charge in [0.05, 0.1) is 6.20 Å². The monoisotopic (exact) mass is 394 g/mol. The van der Waals surface area contributed by atoms with Crippen molar-refractivity contribution < 1.29 is 0 Å². The molecule has 6 nitrogen and oxygen atoms in total. The van der Waals surface area contributed by atoms with Crippen LogP contribution >= 0.6 is 11.6 Å². The van der Waals surface area contributed by atoms with Gasteiger partial charge in [-0.15, -0.1) is 5.10 Å². The van der Waals surface area contributed by atoms with Crippen molar-refractivity contribution in [3.63, 3.8) is 0 Å². The summed E-state index contributed by atoms with van der Waals surface area (Å²) in [6.45, 7) is 4.28. The van der Waals surface area contributed by atoms with Gasteiger partial charge in [-0.1, -0.05) is 17.7 Å². The van der Waals surface area contributed by atoms with Crippen LogP contribution in [-0.4, -0.2) is 28.3 Å². The number of hydrogen-bond acceptors (Lipinski definition) is 6. The van der Waals surface area contributed by atoms with Crippen molar-refractivity contribution in [1.29, 1.82) is 0 Å². The minimum absolute atomic E-state index is 0.417. The summed E-state index contributed by atoms with van der Waals surface area (Å²) in [7, 11) is 0. The first-order valence-electron chi connectivity index (χ1n) is 9.52. The minimum atomic E-state index is 0.417. The molecule has 7 heteroatoms. The standard InChI is InChI=1S/C21H23ClN6/c1-15-5-6-16(22)13-19(15)25-21-26-20(14-23-27-21)24-17-7-9-18(10-8-17)28-11-3-2-4-12-28/h5-10,13-14H,2-4,11-12H2,1H3,(H2,24,25,26,27). The molecule has 0 amide bonds. The van der Waals surface area contributed by atoms with Crippen molar-refractivity contribution in [3.8, 4) is 0 Å². The molecule has 1 saturated heterocycles. The second-order valence-electron chi connectivity index (χ2n) is 6.97. The zero-order chi connectivity index (χ0) is 19.3. The van der Waals surface area contributed by atoms with E-state index in [-0.39, 0.29) is 0 Å². The number of halogens is 1. The summed E-state index contributed by atoms with van der Waals surface area (Å²) in [5.74, 6) is 1.04. The van der Waals surface area contributed by atoms with E-state index in [0.29, 0.717) is 16.8 Å². The van der Waals surface area contributed by atoms with Crippen LogP contribution in [0.3, 0.4) is 0 Å². The molecule has 0 unspecified atom stereocenters. The Balaban J connectivity index is 1.45. The number of benzene rings is 2. The molecule has 1 aromatic heterocycles. The maximum Gasteiger partial charge on any atom is 0.249 e. The van der Waals surface area contributed by atoms with Gasteiger partial charge >= 0.3 is 0 Å². The number of hydrogen-bond donors (Lipinski definition) is 2. The molecule has 1 aliphatic heterocycles. The molecule has 28 heavy (non-hydrogen) atoms. The number of nitrogens with one attached hydrogen (secondary N) is 2. The number of rotatable bonds is 5. The van der Waals surface area contributed by atoms with Crippen molar-refractivity contribution in [2.75, 3.05) is 28.6 Å². The predicted molar refractivity (Wildman–Crippen MR) is 115 cm³/mol. The van der Waals surface area contributed by atoms with Crippen LogP contribution in [0, 0.1) is 6.92 Å². The molecule has 2 aromatic carbocycles. The summed E-state index contributed by atoms with van der Waals surface area (Å²) in [6.07, 6.45) is 5.49. The molecule has 1 fully saturated rings. The Morgan fingerprint density at radius 2 is 1.75 bits per heavy atom. The number of piperidine rings is 1. The van der Waals surface area contributed by atoms with Crippen LogP contribution in [0.2, 0.25) is 5.02 Å². The predicted octanol–water partition coefficient (Wildman–Crippen LogP) is 5.31. The molecular formula is C21H23ClN6. The first-order valence-corrected chi connectivity index (χ1v) is 9.90. The number of nitrogens with zero attached hydrogens (tertiary/aromatic N) is 4. The van der Waals surface area contributed by atoms with Crippen LogP contribution in [0.25, 0.3) is 0 Å². The molecule has 1 aliphatic rings. The summed E-state index contributed by atoms with van der Waals surface area (Å²) >= 11 is 6.08. The molecule has 0 saturated carbocycles. The van der Waals surface area contributed by atoms with Gasteiger partial charge in [-0.3, -0.25) is 0 Å². The molecule has 0 bridgehead atoms. The molecule has 0 atom stereocenters. The highest BCUT2D eigenvalue weighted by Gasteiger charge is 2.11. The summed E-state index contributed by atoms with van der Waals surface area (Å²) in [6, 6.07) is 14.1. The van der Waals surface area contributed by atoms with Crippen LogP contribution in [0.15, 0.2) is 48.7 Å². The average Bonchev–Trinajstić information content (AvgIpc) is 2.72. The fraction of sp³-hybridized carbons (Fsp3) is 0.286. The van der Waals surface area contributed by atoms with Gasteiger partial charge in [0.2, 0.25) is 5.95 Å². The maximum atomic E-state index is 6.08. The fourth-order valence-corrected chi connectivity index (χ4v) is 3.49. The molecule has 0 radical (unpaired) electrons. The fourth-order valence-electron chi connectivity index (χ4n) is 3.32. The second kappa shape index (κ2) is 8.44. The minimum Gasteiger partial charge on any atom is -0.372 e. The SMILES string of the molecule is Cc1ccc(Cl)cc1Nc1nncc(Nc2ccc(N3CCCCC3)cc2)n1. The highest BCUT2D eigenvalue weighted by Crippen LogP contribution is 2.25. The van der Waals surface area contributed by atoms with Crippen LogP contribution in [0.5, 0.6) is 0 Å². The Bertz CT molecular complexity index is 938. The molecule has 144 valence electrons. The molecule has 0 spiro atoms. The van der Waals surface area contributed by atoms with E-state index in [9.17, 15) is 0 Å². The number of aryl methyl sites for hydroxylation is 1. The zero-order valence-electron chi connectivity index (χ0n) is 15.8. The second-order valence-corrected chi connectivity index (χ2v) is 7.41. The van der Waals surface area contributed by atoms with Gasteiger partial charge in [0.25, 0.3) is 0 Å². The largest absolute Gasteiger partial charge is 0.372 e. The molecule has 4 rings (SSSR count). The summed E-state index contributed by atoms with van der Waals surface area (Å²) in [5, 5.41) is 15.2. The Hall–Kier alpha value is -2.86. The first-order chi connectivity index (χ1) is 13.7. The molecule has 0 aliphatic carbocycles. The lowest BCUT2D eigenvalue weighted by molar-refractivity contribution is 0.578. The Labute approximate surface area is 170 Å². The van der Waals surface area contributed by atoms with Gasteiger partial charge in [0, 0.05) is 35.2 Å². The van der Waals surface area contributed by atoms with Gasteiger partial charge in [0.15, 0.2) is 5.82 Å². The Kier molecular flexibility index (Phi) is 5.58. The van der Waals surface area contributed by atoms with Crippen molar-refractivity contribution in [3.05, 3.63) is 59.2 Å². The molecule has 2 N–H and O–H groups in total. The van der Waals surface area contributed by atoms with Gasteiger partial charge in [-0.05, 0) is 68.1 Å². The van der Waals surface area contributed by atoms with Crippen molar-refractivity contribution in [2.45, 2.75) is 26.2 Å². The van der Waals surface area contributed by atoms with Crippen molar-refractivity contribution >= 4 is 40.4 Å². The quantitative estimate of drug-likeness (QED) is 0.611. The third-order valence-corrected chi connectivity index (χ3v) is 5.10. The maximum absolute atomic E-state index is 6.08. The highest BCUT2D eigenvalue weighted by atomic mass is 35.5.